The Morgan fingerprint density at radius 2 is 1.70 bits per heavy atom. The van der Waals surface area contributed by atoms with Crippen molar-refractivity contribution in [3.8, 4) is 11.5 Å². The summed E-state index contributed by atoms with van der Waals surface area (Å²) in [7, 11) is 0. The highest BCUT2D eigenvalue weighted by Gasteiger charge is 2.32. The van der Waals surface area contributed by atoms with Gasteiger partial charge in [0.25, 0.3) is 5.91 Å². The molecule has 2 aromatic carbocycles. The van der Waals surface area contributed by atoms with Crippen molar-refractivity contribution in [1.82, 2.24) is 16.2 Å². The minimum atomic E-state index is -0.473. The van der Waals surface area contributed by atoms with Crippen LogP contribution < -0.4 is 20.9 Å². The molecule has 27 heavy (non-hydrogen) atoms. The third-order valence-electron chi connectivity index (χ3n) is 4.76. The Morgan fingerprint density at radius 3 is 2.33 bits per heavy atom. The number of fused-ring (bicyclic) bond motifs is 2. The molecule has 0 bridgehead atoms. The van der Waals surface area contributed by atoms with Gasteiger partial charge in [-0.3, -0.25) is 15.6 Å². The molecule has 0 unspecified atom stereocenters. The molecule has 1 amide bonds. The van der Waals surface area contributed by atoms with Gasteiger partial charge in [-0.2, -0.15) is 0 Å². The molecule has 2 aliphatic rings. The molecule has 1 atom stereocenters. The monoisotopic (exact) mass is 383 g/mol. The molecule has 0 spiro atoms. The molecule has 2 aromatic rings. The number of hydrogen-bond donors (Lipinski definition) is 3. The van der Waals surface area contributed by atoms with Crippen molar-refractivity contribution in [1.29, 1.82) is 0 Å². The van der Waals surface area contributed by atoms with Gasteiger partial charge in [-0.1, -0.05) is 36.4 Å². The summed E-state index contributed by atoms with van der Waals surface area (Å²) in [5.74, 6) is 0.713. The van der Waals surface area contributed by atoms with Crippen LogP contribution in [0.2, 0.25) is 0 Å². The number of thiocarbonyl (C=S) groups is 1. The minimum Gasteiger partial charge on any atom is -0.457 e. The van der Waals surface area contributed by atoms with Crippen LogP contribution in [0.4, 0.5) is 0 Å². The van der Waals surface area contributed by atoms with Crippen molar-refractivity contribution in [2.75, 3.05) is 13.2 Å². The molecule has 6 nitrogen and oxygen atoms in total. The molecule has 1 fully saturated rings. The van der Waals surface area contributed by atoms with E-state index in [-0.39, 0.29) is 12.0 Å². The number of ether oxygens (including phenoxy) is 2. The number of rotatable bonds is 3. The van der Waals surface area contributed by atoms with Crippen molar-refractivity contribution >= 4 is 23.2 Å². The maximum Gasteiger partial charge on any atom is 0.250 e. The average Bonchev–Trinajstić information content (AvgIpc) is 3.22. The van der Waals surface area contributed by atoms with Crippen molar-refractivity contribution in [2.24, 2.45) is 0 Å². The fourth-order valence-corrected chi connectivity index (χ4v) is 3.57. The molecule has 7 heteroatoms. The summed E-state index contributed by atoms with van der Waals surface area (Å²) in [4.78, 5) is 12.9. The van der Waals surface area contributed by atoms with Gasteiger partial charge in [0, 0.05) is 24.3 Å². The van der Waals surface area contributed by atoms with Gasteiger partial charge in [0.15, 0.2) is 5.11 Å². The van der Waals surface area contributed by atoms with E-state index < -0.39 is 5.92 Å². The van der Waals surface area contributed by atoms with Crippen LogP contribution in [-0.4, -0.2) is 30.3 Å². The first-order valence-electron chi connectivity index (χ1n) is 9.03. The molecule has 2 heterocycles. The second-order valence-corrected chi connectivity index (χ2v) is 6.98. The lowest BCUT2D eigenvalue weighted by Gasteiger charge is -2.27. The Labute approximate surface area is 163 Å². The first-order valence-corrected chi connectivity index (χ1v) is 9.44. The van der Waals surface area contributed by atoms with E-state index in [4.69, 9.17) is 21.7 Å². The molecule has 0 radical (unpaired) electrons. The van der Waals surface area contributed by atoms with Crippen LogP contribution in [0.5, 0.6) is 11.5 Å². The zero-order valence-electron chi connectivity index (χ0n) is 14.7. The van der Waals surface area contributed by atoms with Gasteiger partial charge in [0.2, 0.25) is 0 Å². The maximum atomic E-state index is 12.9. The van der Waals surface area contributed by atoms with Gasteiger partial charge in [-0.15, -0.1) is 0 Å². The van der Waals surface area contributed by atoms with E-state index in [1.807, 2.05) is 48.5 Å². The second kappa shape index (κ2) is 7.94. The topological polar surface area (TPSA) is 71.6 Å². The fraction of sp³-hybridized carbons (Fsp3) is 0.300. The highest BCUT2D eigenvalue weighted by molar-refractivity contribution is 7.80. The summed E-state index contributed by atoms with van der Waals surface area (Å²) in [5.41, 5.74) is 7.17. The molecule has 4 rings (SSSR count). The van der Waals surface area contributed by atoms with Gasteiger partial charge < -0.3 is 14.8 Å². The maximum absolute atomic E-state index is 12.9. The van der Waals surface area contributed by atoms with E-state index in [1.54, 1.807) is 0 Å². The van der Waals surface area contributed by atoms with Gasteiger partial charge >= 0.3 is 0 Å². The van der Waals surface area contributed by atoms with Gasteiger partial charge in [0.05, 0.1) is 12.0 Å². The average molecular weight is 383 g/mol. The lowest BCUT2D eigenvalue weighted by atomic mass is 9.87. The van der Waals surface area contributed by atoms with E-state index >= 15 is 0 Å². The third-order valence-corrected chi connectivity index (χ3v) is 5.00. The first kappa shape index (κ1) is 17.8. The van der Waals surface area contributed by atoms with E-state index in [9.17, 15) is 4.79 Å². The molecule has 3 N–H and O–H groups in total. The number of carbonyl (C=O) groups excluding carboxylic acids is 1. The SMILES string of the molecule is O=C(NNC(=S)NC[C@H]1CCCO1)C1c2ccccc2Oc2ccccc21. The number of carbonyl (C=O) groups is 1. The number of hydrogen-bond acceptors (Lipinski definition) is 4. The normalized spacial score (nSPS) is 18.0. The standard InChI is InChI=1S/C20H21N3O3S/c24-19(22-23-20(27)21-12-13-6-5-11-25-13)18-14-7-1-3-9-16(14)26-17-10-4-2-8-15(17)18/h1-4,7-10,13,18H,5-6,11-12H2,(H,22,24)(H2,21,23,27)/t13-/m1/s1. The Bertz CT molecular complexity index is 806. The van der Waals surface area contributed by atoms with Crippen molar-refractivity contribution < 1.29 is 14.3 Å². The van der Waals surface area contributed by atoms with E-state index in [1.165, 1.54) is 0 Å². The highest BCUT2D eigenvalue weighted by atomic mass is 32.1. The lowest BCUT2D eigenvalue weighted by molar-refractivity contribution is -0.122. The van der Waals surface area contributed by atoms with Crippen LogP contribution >= 0.6 is 12.2 Å². The summed E-state index contributed by atoms with van der Waals surface area (Å²) < 4.78 is 11.5. The number of benzene rings is 2. The van der Waals surface area contributed by atoms with Gasteiger partial charge in [-0.05, 0) is 37.2 Å². The van der Waals surface area contributed by atoms with Crippen LogP contribution in [0.25, 0.3) is 0 Å². The van der Waals surface area contributed by atoms with Crippen LogP contribution in [0, 0.1) is 0 Å². The molecule has 140 valence electrons. The highest BCUT2D eigenvalue weighted by Crippen LogP contribution is 2.43. The van der Waals surface area contributed by atoms with Crippen LogP contribution in [0.3, 0.4) is 0 Å². The summed E-state index contributed by atoms with van der Waals surface area (Å²) in [6.07, 6.45) is 2.28. The van der Waals surface area contributed by atoms with E-state index in [2.05, 4.69) is 16.2 Å². The van der Waals surface area contributed by atoms with Crippen LogP contribution in [0.1, 0.15) is 29.9 Å². The number of amides is 1. The van der Waals surface area contributed by atoms with E-state index in [0.29, 0.717) is 23.2 Å². The molecular formula is C20H21N3O3S. The second-order valence-electron chi connectivity index (χ2n) is 6.57. The fourth-order valence-electron chi connectivity index (χ4n) is 3.44. The van der Waals surface area contributed by atoms with Gasteiger partial charge in [-0.25, -0.2) is 0 Å². The molecule has 0 aromatic heterocycles. The zero-order chi connectivity index (χ0) is 18.6. The van der Waals surface area contributed by atoms with Crippen molar-refractivity contribution in [2.45, 2.75) is 24.9 Å². The Morgan fingerprint density at radius 1 is 1.04 bits per heavy atom. The molecule has 0 aliphatic carbocycles. The predicted octanol–water partition coefficient (Wildman–Crippen LogP) is 2.60. The van der Waals surface area contributed by atoms with Crippen LogP contribution in [-0.2, 0) is 9.53 Å². The molecule has 1 saturated heterocycles. The largest absolute Gasteiger partial charge is 0.457 e. The number of para-hydroxylation sites is 2. The number of hydrazine groups is 1. The first-order chi connectivity index (χ1) is 13.2. The summed E-state index contributed by atoms with van der Waals surface area (Å²) in [5, 5.41) is 3.45. The molecule has 2 aliphatic heterocycles. The van der Waals surface area contributed by atoms with Gasteiger partial charge in [0.1, 0.15) is 11.5 Å². The van der Waals surface area contributed by atoms with Crippen molar-refractivity contribution in [3.63, 3.8) is 0 Å². The summed E-state index contributed by atoms with van der Waals surface area (Å²) in [6, 6.07) is 15.1. The van der Waals surface area contributed by atoms with Crippen LogP contribution in [0.15, 0.2) is 48.5 Å². The van der Waals surface area contributed by atoms with Crippen molar-refractivity contribution in [3.05, 3.63) is 59.7 Å². The quantitative estimate of drug-likeness (QED) is 0.559. The summed E-state index contributed by atoms with van der Waals surface area (Å²) in [6.45, 7) is 1.43. The smallest absolute Gasteiger partial charge is 0.250 e. The predicted molar refractivity (Wildman–Crippen MR) is 106 cm³/mol. The summed E-state index contributed by atoms with van der Waals surface area (Å²) >= 11 is 5.25. The third kappa shape index (κ3) is 3.89. The Kier molecular flexibility index (Phi) is 5.22. The lowest BCUT2D eigenvalue weighted by Crippen LogP contribution is -2.49. The molecule has 0 saturated carbocycles. The zero-order valence-corrected chi connectivity index (χ0v) is 15.6. The Balaban J connectivity index is 1.43. The number of nitrogens with one attached hydrogen (secondary N) is 3. The minimum absolute atomic E-state index is 0.176. The molecular weight excluding hydrogens is 362 g/mol. The Hall–Kier alpha value is -2.64. The van der Waals surface area contributed by atoms with E-state index in [0.717, 1.165) is 30.6 Å².